The van der Waals surface area contributed by atoms with E-state index in [1.165, 1.54) is 12.8 Å². The van der Waals surface area contributed by atoms with Gasteiger partial charge in [-0.2, -0.15) is 0 Å². The average molecular weight is 351 g/mol. The van der Waals surface area contributed by atoms with Crippen molar-refractivity contribution in [3.8, 4) is 0 Å². The summed E-state index contributed by atoms with van der Waals surface area (Å²) in [5.41, 5.74) is 0.853. The van der Waals surface area contributed by atoms with E-state index in [1.54, 1.807) is 0 Å². The van der Waals surface area contributed by atoms with Crippen LogP contribution in [0.2, 0.25) is 0 Å². The van der Waals surface area contributed by atoms with Crippen molar-refractivity contribution in [2.24, 2.45) is 5.41 Å². The summed E-state index contributed by atoms with van der Waals surface area (Å²) in [5.74, 6) is 0. The van der Waals surface area contributed by atoms with Crippen LogP contribution in [-0.2, 0) is 9.31 Å². The van der Waals surface area contributed by atoms with Crippen molar-refractivity contribution >= 4 is 23.4 Å². The number of rotatable bonds is 2. The number of benzene rings is 1. The van der Waals surface area contributed by atoms with E-state index in [1.807, 2.05) is 56.7 Å². The molecule has 3 fully saturated rings. The van der Waals surface area contributed by atoms with Gasteiger partial charge in [0.25, 0.3) is 5.56 Å². The lowest BCUT2D eigenvalue weighted by molar-refractivity contribution is 0.00578. The van der Waals surface area contributed by atoms with Crippen LogP contribution in [0.25, 0.3) is 10.8 Å². The molecule has 0 N–H and O–H groups in total. The SMILES string of the molecule is CC1(C)OB(c2ccc3ccn(C4CC5(CC5)C4)c(=O)c3c2)OC1(C)C. The fraction of sp³-hybridized carbons (Fsp3) is 0.571. The van der Waals surface area contributed by atoms with E-state index in [0.29, 0.717) is 11.5 Å². The lowest BCUT2D eigenvalue weighted by Crippen LogP contribution is -2.41. The van der Waals surface area contributed by atoms with E-state index < -0.39 is 7.12 Å². The maximum Gasteiger partial charge on any atom is 0.494 e. The summed E-state index contributed by atoms with van der Waals surface area (Å²) in [6.07, 6.45) is 6.99. The number of hydrogen-bond donors (Lipinski definition) is 0. The molecule has 0 amide bonds. The first kappa shape index (κ1) is 16.6. The van der Waals surface area contributed by atoms with Crippen LogP contribution in [0.4, 0.5) is 0 Å². The monoisotopic (exact) mass is 351 g/mol. The van der Waals surface area contributed by atoms with Gasteiger partial charge in [0.15, 0.2) is 0 Å². The van der Waals surface area contributed by atoms with Crippen LogP contribution in [0, 0.1) is 5.41 Å². The molecule has 2 aromatic rings. The molecule has 5 heteroatoms. The van der Waals surface area contributed by atoms with Gasteiger partial charge in [-0.05, 0) is 81.8 Å². The zero-order valence-corrected chi connectivity index (χ0v) is 16.0. The van der Waals surface area contributed by atoms with Crippen molar-refractivity contribution in [2.75, 3.05) is 0 Å². The largest absolute Gasteiger partial charge is 0.494 e. The van der Waals surface area contributed by atoms with E-state index in [0.717, 1.165) is 29.1 Å². The minimum absolute atomic E-state index is 0.112. The van der Waals surface area contributed by atoms with Crippen molar-refractivity contribution in [3.05, 3.63) is 40.8 Å². The fourth-order valence-corrected chi connectivity index (χ4v) is 4.41. The molecule has 1 aliphatic heterocycles. The van der Waals surface area contributed by atoms with Gasteiger partial charge in [0.2, 0.25) is 0 Å². The summed E-state index contributed by atoms with van der Waals surface area (Å²) in [4.78, 5) is 13.1. The van der Waals surface area contributed by atoms with Crippen LogP contribution in [0.15, 0.2) is 35.3 Å². The summed E-state index contributed by atoms with van der Waals surface area (Å²) in [6.45, 7) is 8.19. The van der Waals surface area contributed by atoms with Crippen molar-refractivity contribution in [2.45, 2.75) is 70.6 Å². The Bertz CT molecular complexity index is 933. The Morgan fingerprint density at radius 3 is 2.31 bits per heavy atom. The Balaban J connectivity index is 1.51. The molecule has 0 atom stereocenters. The minimum atomic E-state index is -0.434. The van der Waals surface area contributed by atoms with E-state index >= 15 is 0 Å². The van der Waals surface area contributed by atoms with E-state index in [4.69, 9.17) is 9.31 Å². The summed E-state index contributed by atoms with van der Waals surface area (Å²) in [7, 11) is -0.434. The molecule has 3 aliphatic rings. The Morgan fingerprint density at radius 1 is 1.04 bits per heavy atom. The second-order valence-corrected chi connectivity index (χ2v) is 9.53. The van der Waals surface area contributed by atoms with Crippen LogP contribution in [0.5, 0.6) is 0 Å². The third-order valence-corrected chi connectivity index (χ3v) is 7.17. The number of fused-ring (bicyclic) bond motifs is 1. The molecule has 1 aromatic carbocycles. The van der Waals surface area contributed by atoms with Crippen molar-refractivity contribution in [3.63, 3.8) is 0 Å². The number of hydrogen-bond acceptors (Lipinski definition) is 3. The highest BCUT2D eigenvalue weighted by Crippen LogP contribution is 2.64. The van der Waals surface area contributed by atoms with Gasteiger partial charge < -0.3 is 13.9 Å². The number of nitrogens with zero attached hydrogens (tertiary/aromatic N) is 1. The molecule has 1 aromatic heterocycles. The second-order valence-electron chi connectivity index (χ2n) is 9.53. The molecule has 2 aliphatic carbocycles. The first-order valence-electron chi connectivity index (χ1n) is 9.70. The van der Waals surface area contributed by atoms with Crippen molar-refractivity contribution in [1.82, 2.24) is 4.57 Å². The van der Waals surface area contributed by atoms with Gasteiger partial charge in [-0.15, -0.1) is 0 Å². The minimum Gasteiger partial charge on any atom is -0.399 e. The molecule has 0 unspecified atom stereocenters. The topological polar surface area (TPSA) is 40.5 Å². The Hall–Kier alpha value is -1.59. The Labute approximate surface area is 154 Å². The zero-order chi connectivity index (χ0) is 18.3. The normalized spacial score (nSPS) is 25.6. The Morgan fingerprint density at radius 2 is 1.69 bits per heavy atom. The fourth-order valence-electron chi connectivity index (χ4n) is 4.41. The van der Waals surface area contributed by atoms with Crippen LogP contribution >= 0.6 is 0 Å². The predicted octanol–water partition coefficient (Wildman–Crippen LogP) is 3.42. The molecule has 136 valence electrons. The lowest BCUT2D eigenvalue weighted by Gasteiger charge is -2.37. The molecule has 0 radical (unpaired) electrons. The van der Waals surface area contributed by atoms with E-state index in [2.05, 4.69) is 6.07 Å². The van der Waals surface area contributed by atoms with Crippen LogP contribution in [-0.4, -0.2) is 22.9 Å². The quantitative estimate of drug-likeness (QED) is 0.779. The maximum atomic E-state index is 13.1. The number of pyridine rings is 1. The first-order chi connectivity index (χ1) is 12.2. The highest BCUT2D eigenvalue weighted by molar-refractivity contribution is 6.62. The van der Waals surface area contributed by atoms with Crippen LogP contribution < -0.4 is 11.0 Å². The van der Waals surface area contributed by atoms with E-state index in [9.17, 15) is 4.79 Å². The standard InChI is InChI=1S/C21H26BNO3/c1-19(2)20(3,4)26-22(25-19)15-6-5-14-7-10-23(18(24)17(14)11-15)16-12-21(13-16)8-9-21/h5-7,10-11,16H,8-9,12-13H2,1-4H3. The lowest BCUT2D eigenvalue weighted by atomic mass is 9.76. The molecule has 2 saturated carbocycles. The summed E-state index contributed by atoms with van der Waals surface area (Å²) >= 11 is 0. The third kappa shape index (κ3) is 2.33. The van der Waals surface area contributed by atoms with Gasteiger partial charge >= 0.3 is 7.12 Å². The molecule has 5 rings (SSSR count). The summed E-state index contributed by atoms with van der Waals surface area (Å²) < 4.78 is 14.3. The van der Waals surface area contributed by atoms with Crippen molar-refractivity contribution < 1.29 is 9.31 Å². The van der Waals surface area contributed by atoms with Crippen molar-refractivity contribution in [1.29, 1.82) is 0 Å². The average Bonchev–Trinajstić information content (AvgIpc) is 3.30. The Kier molecular flexibility index (Phi) is 3.20. The molecule has 1 spiro atoms. The van der Waals surface area contributed by atoms with E-state index in [-0.39, 0.29) is 16.8 Å². The molecule has 2 heterocycles. The van der Waals surface area contributed by atoms with Gasteiger partial charge in [-0.25, -0.2) is 0 Å². The maximum absolute atomic E-state index is 13.1. The highest BCUT2D eigenvalue weighted by Gasteiger charge is 2.54. The molecule has 1 saturated heterocycles. The molecule has 4 nitrogen and oxygen atoms in total. The van der Waals surface area contributed by atoms with Gasteiger partial charge in [-0.3, -0.25) is 4.79 Å². The summed E-state index contributed by atoms with van der Waals surface area (Å²) in [5, 5.41) is 1.74. The highest BCUT2D eigenvalue weighted by atomic mass is 16.7. The van der Waals surface area contributed by atoms with Gasteiger partial charge in [0.05, 0.1) is 11.2 Å². The zero-order valence-electron chi connectivity index (χ0n) is 16.0. The van der Waals surface area contributed by atoms with Gasteiger partial charge in [0.1, 0.15) is 0 Å². The molecular weight excluding hydrogens is 325 g/mol. The van der Waals surface area contributed by atoms with Crippen LogP contribution in [0.3, 0.4) is 0 Å². The second kappa shape index (κ2) is 5.02. The number of aromatic nitrogens is 1. The molecular formula is C21H26BNO3. The molecule has 0 bridgehead atoms. The third-order valence-electron chi connectivity index (χ3n) is 7.17. The smallest absolute Gasteiger partial charge is 0.399 e. The van der Waals surface area contributed by atoms with Crippen LogP contribution in [0.1, 0.15) is 59.4 Å². The van der Waals surface area contributed by atoms with Gasteiger partial charge in [0, 0.05) is 17.6 Å². The predicted molar refractivity (Wildman–Crippen MR) is 104 cm³/mol. The van der Waals surface area contributed by atoms with Gasteiger partial charge in [-0.1, -0.05) is 12.1 Å². The molecule has 26 heavy (non-hydrogen) atoms. The first-order valence-corrected chi connectivity index (χ1v) is 9.70. The summed E-state index contributed by atoms with van der Waals surface area (Å²) in [6, 6.07) is 8.40.